The first-order valence-corrected chi connectivity index (χ1v) is 7.92. The second kappa shape index (κ2) is 5.54. The molecule has 2 aromatic rings. The lowest BCUT2D eigenvalue weighted by molar-refractivity contribution is 0.598. The molecule has 0 amide bonds. The van der Waals surface area contributed by atoms with Gasteiger partial charge in [0.25, 0.3) is 10.0 Å². The maximum absolute atomic E-state index is 13.7. The highest BCUT2D eigenvalue weighted by atomic mass is 35.5. The molecular formula is C14H14ClFN2O2S. The number of hydrogen-bond acceptors (Lipinski definition) is 3. The Labute approximate surface area is 127 Å². The Balaban J connectivity index is 2.54. The largest absolute Gasteiger partial charge is 0.398 e. The number of nitrogens with one attached hydrogen (secondary N) is 1. The minimum atomic E-state index is -4.01. The van der Waals surface area contributed by atoms with Gasteiger partial charge in [0, 0.05) is 5.02 Å². The lowest BCUT2D eigenvalue weighted by atomic mass is 10.1. The summed E-state index contributed by atoms with van der Waals surface area (Å²) < 4.78 is 40.8. The average molecular weight is 329 g/mol. The summed E-state index contributed by atoms with van der Waals surface area (Å²) in [5, 5.41) is 0.225. The molecule has 0 radical (unpaired) electrons. The molecule has 3 N–H and O–H groups in total. The first-order chi connectivity index (χ1) is 9.72. The summed E-state index contributed by atoms with van der Waals surface area (Å²) >= 11 is 5.75. The molecule has 0 fully saturated rings. The summed E-state index contributed by atoms with van der Waals surface area (Å²) in [7, 11) is -4.01. The van der Waals surface area contributed by atoms with E-state index in [4.69, 9.17) is 17.3 Å². The topological polar surface area (TPSA) is 72.2 Å². The molecule has 0 saturated carbocycles. The van der Waals surface area contributed by atoms with Crippen molar-refractivity contribution in [2.45, 2.75) is 18.7 Å². The molecule has 0 heterocycles. The molecule has 0 aromatic heterocycles. The van der Waals surface area contributed by atoms with E-state index in [1.54, 1.807) is 19.9 Å². The van der Waals surface area contributed by atoms with Gasteiger partial charge in [0.15, 0.2) is 0 Å². The smallest absolute Gasteiger partial charge is 0.264 e. The first kappa shape index (κ1) is 15.6. The zero-order valence-electron chi connectivity index (χ0n) is 11.4. The fourth-order valence-corrected chi connectivity index (χ4v) is 3.60. The quantitative estimate of drug-likeness (QED) is 0.847. The summed E-state index contributed by atoms with van der Waals surface area (Å²) in [5.74, 6) is -0.716. The van der Waals surface area contributed by atoms with E-state index in [1.807, 2.05) is 0 Å². The van der Waals surface area contributed by atoms with E-state index < -0.39 is 15.8 Å². The van der Waals surface area contributed by atoms with Crippen molar-refractivity contribution >= 4 is 33.0 Å². The third-order valence-electron chi connectivity index (χ3n) is 3.15. The molecule has 21 heavy (non-hydrogen) atoms. The standard InChI is InChI=1S/C14H14ClFN2O2S/c1-8-3-6-12(17)14(9(8)2)21(19,20)18-13-7-10(15)4-5-11(13)16/h3-7,18H,17H2,1-2H3. The number of sulfonamides is 1. The van der Waals surface area contributed by atoms with Crippen LogP contribution in [0.2, 0.25) is 5.02 Å². The molecule has 0 spiro atoms. The van der Waals surface area contributed by atoms with Gasteiger partial charge in [0.1, 0.15) is 10.7 Å². The van der Waals surface area contributed by atoms with Crippen LogP contribution in [0.15, 0.2) is 35.2 Å². The van der Waals surface area contributed by atoms with Crippen molar-refractivity contribution in [3.05, 3.63) is 52.3 Å². The van der Waals surface area contributed by atoms with Crippen molar-refractivity contribution in [1.29, 1.82) is 0 Å². The minimum Gasteiger partial charge on any atom is -0.398 e. The van der Waals surface area contributed by atoms with Gasteiger partial charge < -0.3 is 5.73 Å². The van der Waals surface area contributed by atoms with Crippen molar-refractivity contribution in [3.63, 3.8) is 0 Å². The molecular weight excluding hydrogens is 315 g/mol. The molecule has 7 heteroatoms. The van der Waals surface area contributed by atoms with Crippen LogP contribution in [0.3, 0.4) is 0 Å². The normalized spacial score (nSPS) is 11.4. The second-order valence-corrected chi connectivity index (χ2v) is 6.71. The number of rotatable bonds is 3. The molecule has 0 aliphatic carbocycles. The molecule has 2 rings (SSSR count). The third kappa shape index (κ3) is 3.11. The number of aryl methyl sites for hydroxylation is 1. The average Bonchev–Trinajstić information content (AvgIpc) is 2.38. The first-order valence-electron chi connectivity index (χ1n) is 6.06. The van der Waals surface area contributed by atoms with Crippen molar-refractivity contribution in [2.75, 3.05) is 10.5 Å². The summed E-state index contributed by atoms with van der Waals surface area (Å²) in [6.45, 7) is 3.42. The van der Waals surface area contributed by atoms with Crippen LogP contribution >= 0.6 is 11.6 Å². The van der Waals surface area contributed by atoms with E-state index in [9.17, 15) is 12.8 Å². The lowest BCUT2D eigenvalue weighted by Gasteiger charge is -2.14. The van der Waals surface area contributed by atoms with Crippen LogP contribution in [0.1, 0.15) is 11.1 Å². The fraction of sp³-hybridized carbons (Fsp3) is 0.143. The van der Waals surface area contributed by atoms with E-state index >= 15 is 0 Å². The highest BCUT2D eigenvalue weighted by molar-refractivity contribution is 7.93. The molecule has 0 unspecified atom stereocenters. The van der Waals surface area contributed by atoms with E-state index in [1.165, 1.54) is 18.2 Å². The van der Waals surface area contributed by atoms with Crippen molar-refractivity contribution in [1.82, 2.24) is 0 Å². The minimum absolute atomic E-state index is 0.0538. The molecule has 112 valence electrons. The Morgan fingerprint density at radius 3 is 2.52 bits per heavy atom. The number of nitrogen functional groups attached to an aromatic ring is 1. The van der Waals surface area contributed by atoms with Crippen molar-refractivity contribution in [2.24, 2.45) is 0 Å². The predicted octanol–water partition coefficient (Wildman–Crippen LogP) is 3.48. The van der Waals surface area contributed by atoms with Crippen LogP contribution < -0.4 is 10.5 Å². The van der Waals surface area contributed by atoms with Crippen LogP contribution in [0.25, 0.3) is 0 Å². The van der Waals surface area contributed by atoms with Crippen LogP contribution in [0, 0.1) is 19.7 Å². The summed E-state index contributed by atoms with van der Waals surface area (Å²) in [6, 6.07) is 6.86. The number of anilines is 2. The van der Waals surface area contributed by atoms with Gasteiger partial charge in [-0.25, -0.2) is 12.8 Å². The SMILES string of the molecule is Cc1ccc(N)c(S(=O)(=O)Nc2cc(Cl)ccc2F)c1C. The molecule has 2 aromatic carbocycles. The summed E-state index contributed by atoms with van der Waals surface area (Å²) in [5.41, 5.74) is 6.94. The van der Waals surface area contributed by atoms with Crippen LogP contribution in [0.4, 0.5) is 15.8 Å². The monoisotopic (exact) mass is 328 g/mol. The summed E-state index contributed by atoms with van der Waals surface area (Å²) in [6.07, 6.45) is 0. The predicted molar refractivity (Wildman–Crippen MR) is 82.5 cm³/mol. The maximum atomic E-state index is 13.7. The maximum Gasteiger partial charge on any atom is 0.264 e. The molecule has 4 nitrogen and oxygen atoms in total. The van der Waals surface area contributed by atoms with E-state index in [-0.39, 0.29) is 21.3 Å². The van der Waals surface area contributed by atoms with Gasteiger partial charge in [-0.3, -0.25) is 4.72 Å². The van der Waals surface area contributed by atoms with Crippen molar-refractivity contribution < 1.29 is 12.8 Å². The van der Waals surface area contributed by atoms with E-state index in [0.29, 0.717) is 5.56 Å². The van der Waals surface area contributed by atoms with Gasteiger partial charge in [-0.1, -0.05) is 17.7 Å². The Hall–Kier alpha value is -1.79. The zero-order valence-corrected chi connectivity index (χ0v) is 13.0. The van der Waals surface area contributed by atoms with Crippen molar-refractivity contribution in [3.8, 4) is 0 Å². The van der Waals surface area contributed by atoms with Crippen LogP contribution in [0.5, 0.6) is 0 Å². The lowest BCUT2D eigenvalue weighted by Crippen LogP contribution is -2.17. The Kier molecular flexibility index (Phi) is 4.11. The Morgan fingerprint density at radius 2 is 1.86 bits per heavy atom. The van der Waals surface area contributed by atoms with Gasteiger partial charge >= 0.3 is 0 Å². The highest BCUT2D eigenvalue weighted by Crippen LogP contribution is 2.29. The van der Waals surface area contributed by atoms with E-state index in [2.05, 4.69) is 4.72 Å². The van der Waals surface area contributed by atoms with Gasteiger partial charge in [-0.05, 0) is 49.2 Å². The Morgan fingerprint density at radius 1 is 1.19 bits per heavy atom. The van der Waals surface area contributed by atoms with Gasteiger partial charge in [0.05, 0.1) is 11.4 Å². The van der Waals surface area contributed by atoms with Crippen LogP contribution in [-0.4, -0.2) is 8.42 Å². The highest BCUT2D eigenvalue weighted by Gasteiger charge is 2.22. The van der Waals surface area contributed by atoms with Gasteiger partial charge in [-0.15, -0.1) is 0 Å². The number of halogens is 2. The second-order valence-electron chi connectivity index (χ2n) is 4.66. The van der Waals surface area contributed by atoms with E-state index in [0.717, 1.165) is 11.6 Å². The van der Waals surface area contributed by atoms with Crippen LogP contribution in [-0.2, 0) is 10.0 Å². The zero-order chi connectivity index (χ0) is 15.8. The molecule has 0 saturated heterocycles. The fourth-order valence-electron chi connectivity index (χ4n) is 1.94. The van der Waals surface area contributed by atoms with Gasteiger partial charge in [-0.2, -0.15) is 0 Å². The summed E-state index contributed by atoms with van der Waals surface area (Å²) in [4.78, 5) is -0.0538. The van der Waals surface area contributed by atoms with Gasteiger partial charge in [0.2, 0.25) is 0 Å². The number of nitrogens with two attached hydrogens (primary N) is 1. The molecule has 0 atom stereocenters. The molecule has 0 aliphatic heterocycles. The Bertz CT molecular complexity index is 807. The number of benzene rings is 2. The molecule has 0 bridgehead atoms. The molecule has 0 aliphatic rings. The number of hydrogen-bond donors (Lipinski definition) is 2. The third-order valence-corrected chi connectivity index (χ3v) is 4.95.